The van der Waals surface area contributed by atoms with Crippen LogP contribution >= 0.6 is 0 Å². The first-order valence-corrected chi connectivity index (χ1v) is 5.72. The van der Waals surface area contributed by atoms with Crippen molar-refractivity contribution in [2.45, 2.75) is 39.3 Å². The van der Waals surface area contributed by atoms with Crippen LogP contribution in [0.5, 0.6) is 0 Å². The molecule has 1 aliphatic heterocycles. The summed E-state index contributed by atoms with van der Waals surface area (Å²) in [7, 11) is 0. The van der Waals surface area contributed by atoms with Crippen LogP contribution < -0.4 is 5.73 Å². The van der Waals surface area contributed by atoms with E-state index in [9.17, 15) is 4.79 Å². The van der Waals surface area contributed by atoms with Crippen LogP contribution in [-0.2, 0) is 9.53 Å². The second kappa shape index (κ2) is 5.47. The van der Waals surface area contributed by atoms with Gasteiger partial charge in [-0.15, -0.1) is 0 Å². The van der Waals surface area contributed by atoms with E-state index in [0.717, 1.165) is 6.42 Å². The van der Waals surface area contributed by atoms with Crippen LogP contribution in [0.4, 0.5) is 0 Å². The molecule has 2 N–H and O–H groups in total. The number of nitrogens with zero attached hydrogens (tertiary/aromatic N) is 1. The molecule has 0 saturated carbocycles. The molecule has 0 radical (unpaired) electrons. The second-order valence-corrected chi connectivity index (χ2v) is 4.38. The molecule has 1 aliphatic rings. The summed E-state index contributed by atoms with van der Waals surface area (Å²) in [6.07, 6.45) is 1.07. The summed E-state index contributed by atoms with van der Waals surface area (Å²) in [5.74, 6) is 0.315. The van der Waals surface area contributed by atoms with Gasteiger partial charge in [0.2, 0.25) is 5.91 Å². The number of nitrogens with two attached hydrogens (primary N) is 1. The molecule has 88 valence electrons. The molecule has 0 aromatic carbocycles. The molecule has 1 heterocycles. The van der Waals surface area contributed by atoms with Gasteiger partial charge in [0.15, 0.2) is 0 Å². The van der Waals surface area contributed by atoms with Gasteiger partial charge in [-0.05, 0) is 12.8 Å². The Morgan fingerprint density at radius 2 is 2.33 bits per heavy atom. The van der Waals surface area contributed by atoms with Crippen LogP contribution in [0.25, 0.3) is 0 Å². The maximum Gasteiger partial charge on any atom is 0.239 e. The Balaban J connectivity index is 2.51. The lowest BCUT2D eigenvalue weighted by Gasteiger charge is -2.34. The Hall–Kier alpha value is -0.610. The molecule has 4 nitrogen and oxygen atoms in total. The van der Waals surface area contributed by atoms with Gasteiger partial charge in [-0.25, -0.2) is 0 Å². The van der Waals surface area contributed by atoms with Crippen molar-refractivity contribution in [1.82, 2.24) is 4.90 Å². The molecule has 4 heteroatoms. The maximum absolute atomic E-state index is 12.0. The van der Waals surface area contributed by atoms with E-state index in [0.29, 0.717) is 19.7 Å². The molecule has 0 spiro atoms. The number of ether oxygens (including phenoxy) is 1. The van der Waals surface area contributed by atoms with Crippen molar-refractivity contribution in [3.05, 3.63) is 0 Å². The minimum atomic E-state index is -0.361. The van der Waals surface area contributed by atoms with Crippen molar-refractivity contribution in [2.24, 2.45) is 11.7 Å². The Morgan fingerprint density at radius 1 is 1.67 bits per heavy atom. The van der Waals surface area contributed by atoms with E-state index in [2.05, 4.69) is 6.92 Å². The van der Waals surface area contributed by atoms with Gasteiger partial charge in [0.1, 0.15) is 0 Å². The van der Waals surface area contributed by atoms with Crippen molar-refractivity contribution >= 4 is 5.91 Å². The number of carbonyl (C=O) groups is 1. The molecule has 1 saturated heterocycles. The highest BCUT2D eigenvalue weighted by Crippen LogP contribution is 2.11. The standard InChI is InChI=1S/C11H22N2O2/c1-4-8(2)10(12)11(14)13-5-6-15-9(3)7-13/h8-10H,4-7,12H2,1-3H3. The topological polar surface area (TPSA) is 55.6 Å². The van der Waals surface area contributed by atoms with E-state index >= 15 is 0 Å². The van der Waals surface area contributed by atoms with Gasteiger partial charge in [0.25, 0.3) is 0 Å². The summed E-state index contributed by atoms with van der Waals surface area (Å²) in [6, 6.07) is -0.361. The number of carbonyl (C=O) groups excluding carboxylic acids is 1. The minimum Gasteiger partial charge on any atom is -0.375 e. The summed E-state index contributed by atoms with van der Waals surface area (Å²) < 4.78 is 5.39. The van der Waals surface area contributed by atoms with Crippen molar-refractivity contribution in [1.29, 1.82) is 0 Å². The number of rotatable bonds is 3. The predicted octanol–water partition coefficient (Wildman–Crippen LogP) is 0.607. The highest BCUT2D eigenvalue weighted by atomic mass is 16.5. The summed E-state index contributed by atoms with van der Waals surface area (Å²) in [6.45, 7) is 8.02. The zero-order valence-electron chi connectivity index (χ0n) is 9.90. The Bertz CT molecular complexity index is 221. The Morgan fingerprint density at radius 3 is 2.87 bits per heavy atom. The first kappa shape index (κ1) is 12.5. The summed E-state index contributed by atoms with van der Waals surface area (Å²) in [4.78, 5) is 13.8. The molecule has 0 aromatic rings. The quantitative estimate of drug-likeness (QED) is 0.749. The normalized spacial score (nSPS) is 26.1. The maximum atomic E-state index is 12.0. The first-order chi connectivity index (χ1) is 7.06. The second-order valence-electron chi connectivity index (χ2n) is 4.38. The highest BCUT2D eigenvalue weighted by Gasteiger charge is 2.27. The molecule has 1 fully saturated rings. The molecule has 0 bridgehead atoms. The van der Waals surface area contributed by atoms with E-state index < -0.39 is 0 Å². The van der Waals surface area contributed by atoms with Gasteiger partial charge < -0.3 is 15.4 Å². The highest BCUT2D eigenvalue weighted by molar-refractivity contribution is 5.82. The lowest BCUT2D eigenvalue weighted by Crippen LogP contribution is -2.52. The molecule has 0 aromatic heterocycles. The number of hydrogen-bond acceptors (Lipinski definition) is 3. The van der Waals surface area contributed by atoms with Crippen LogP contribution in [0, 0.1) is 5.92 Å². The van der Waals surface area contributed by atoms with Crippen molar-refractivity contribution < 1.29 is 9.53 Å². The predicted molar refractivity (Wildman–Crippen MR) is 59.4 cm³/mol. The first-order valence-electron chi connectivity index (χ1n) is 5.72. The molecular weight excluding hydrogens is 192 g/mol. The number of amides is 1. The SMILES string of the molecule is CCC(C)C(N)C(=O)N1CCOC(C)C1. The van der Waals surface area contributed by atoms with E-state index in [1.165, 1.54) is 0 Å². The van der Waals surface area contributed by atoms with Crippen LogP contribution in [0.15, 0.2) is 0 Å². The fourth-order valence-corrected chi connectivity index (χ4v) is 1.73. The largest absolute Gasteiger partial charge is 0.375 e. The third-order valence-electron chi connectivity index (χ3n) is 3.09. The van der Waals surface area contributed by atoms with Gasteiger partial charge in [-0.2, -0.15) is 0 Å². The summed E-state index contributed by atoms with van der Waals surface area (Å²) in [5, 5.41) is 0. The van der Waals surface area contributed by atoms with E-state index in [1.54, 1.807) is 0 Å². The number of morpholine rings is 1. The monoisotopic (exact) mass is 214 g/mol. The molecule has 1 rings (SSSR count). The third-order valence-corrected chi connectivity index (χ3v) is 3.09. The van der Waals surface area contributed by atoms with Crippen LogP contribution in [-0.4, -0.2) is 42.6 Å². The minimum absolute atomic E-state index is 0.0690. The summed E-state index contributed by atoms with van der Waals surface area (Å²) in [5.41, 5.74) is 5.92. The van der Waals surface area contributed by atoms with Crippen molar-refractivity contribution in [3.8, 4) is 0 Å². The van der Waals surface area contributed by atoms with Gasteiger partial charge >= 0.3 is 0 Å². The van der Waals surface area contributed by atoms with Crippen molar-refractivity contribution in [2.75, 3.05) is 19.7 Å². The Kier molecular flexibility index (Phi) is 4.54. The van der Waals surface area contributed by atoms with Crippen LogP contribution in [0.2, 0.25) is 0 Å². The van der Waals surface area contributed by atoms with Gasteiger partial charge in [0.05, 0.1) is 18.8 Å². The molecule has 1 amide bonds. The lowest BCUT2D eigenvalue weighted by atomic mass is 9.98. The molecule has 3 atom stereocenters. The van der Waals surface area contributed by atoms with E-state index in [-0.39, 0.29) is 24.0 Å². The van der Waals surface area contributed by atoms with Crippen molar-refractivity contribution in [3.63, 3.8) is 0 Å². The number of hydrogen-bond donors (Lipinski definition) is 1. The van der Waals surface area contributed by atoms with Gasteiger partial charge in [0, 0.05) is 13.1 Å². The van der Waals surface area contributed by atoms with Gasteiger partial charge in [-0.1, -0.05) is 20.3 Å². The smallest absolute Gasteiger partial charge is 0.239 e. The zero-order chi connectivity index (χ0) is 11.4. The molecular formula is C11H22N2O2. The lowest BCUT2D eigenvalue weighted by molar-refractivity contribution is -0.140. The average molecular weight is 214 g/mol. The van der Waals surface area contributed by atoms with E-state index in [1.807, 2.05) is 18.7 Å². The fourth-order valence-electron chi connectivity index (χ4n) is 1.73. The molecule has 3 unspecified atom stereocenters. The van der Waals surface area contributed by atoms with Crippen LogP contribution in [0.3, 0.4) is 0 Å². The summed E-state index contributed by atoms with van der Waals surface area (Å²) >= 11 is 0. The third kappa shape index (κ3) is 3.18. The zero-order valence-corrected chi connectivity index (χ0v) is 9.90. The van der Waals surface area contributed by atoms with Crippen LogP contribution in [0.1, 0.15) is 27.2 Å². The van der Waals surface area contributed by atoms with Gasteiger partial charge in [-0.3, -0.25) is 4.79 Å². The fraction of sp³-hybridized carbons (Fsp3) is 0.909. The molecule has 15 heavy (non-hydrogen) atoms. The molecule has 0 aliphatic carbocycles. The van der Waals surface area contributed by atoms with E-state index in [4.69, 9.17) is 10.5 Å². The Labute approximate surface area is 91.8 Å². The average Bonchev–Trinajstić information content (AvgIpc) is 2.26.